The lowest BCUT2D eigenvalue weighted by molar-refractivity contribution is -0.122. The van der Waals surface area contributed by atoms with Crippen LogP contribution < -0.4 is 16.6 Å². The maximum absolute atomic E-state index is 11.6. The van der Waals surface area contributed by atoms with Crippen LogP contribution >= 0.6 is 11.3 Å². The van der Waals surface area contributed by atoms with Gasteiger partial charge in [-0.1, -0.05) is 25.2 Å². The molecule has 1 rings (SSSR count). The maximum Gasteiger partial charge on any atom is 0.234 e. The van der Waals surface area contributed by atoms with E-state index in [1.165, 1.54) is 11.3 Å². The highest BCUT2D eigenvalue weighted by Crippen LogP contribution is 2.17. The molecule has 102 valence electrons. The van der Waals surface area contributed by atoms with Crippen molar-refractivity contribution in [2.24, 2.45) is 11.8 Å². The number of anilines is 1. The number of amides is 1. The third-order valence-electron chi connectivity index (χ3n) is 2.22. The standard InChI is InChI=1S/C11H21N5OS/c1-8(2)4-13-10(17)7-16(3)6-9-5-14-11(15-12)18-9/h5,8H,4,6-7,12H2,1-3H3,(H,13,17)(H,14,15). The van der Waals surface area contributed by atoms with Gasteiger partial charge < -0.3 is 5.32 Å². The van der Waals surface area contributed by atoms with Crippen molar-refractivity contribution in [2.75, 3.05) is 25.6 Å². The molecule has 4 N–H and O–H groups in total. The van der Waals surface area contributed by atoms with Gasteiger partial charge in [-0.3, -0.25) is 15.1 Å². The van der Waals surface area contributed by atoms with E-state index in [0.29, 0.717) is 30.7 Å². The Hall–Kier alpha value is -1.18. The Morgan fingerprint density at radius 1 is 1.61 bits per heavy atom. The van der Waals surface area contributed by atoms with Crippen LogP contribution in [0.25, 0.3) is 0 Å². The zero-order chi connectivity index (χ0) is 13.5. The van der Waals surface area contributed by atoms with E-state index >= 15 is 0 Å². The largest absolute Gasteiger partial charge is 0.355 e. The van der Waals surface area contributed by atoms with Crippen molar-refractivity contribution < 1.29 is 4.79 Å². The predicted molar refractivity (Wildman–Crippen MR) is 74.1 cm³/mol. The summed E-state index contributed by atoms with van der Waals surface area (Å²) in [6.07, 6.45) is 1.77. The third kappa shape index (κ3) is 5.44. The van der Waals surface area contributed by atoms with Crippen LogP contribution in [-0.4, -0.2) is 35.9 Å². The molecular formula is C11H21N5OS. The first-order chi connectivity index (χ1) is 8.51. The normalized spacial score (nSPS) is 11.0. The third-order valence-corrected chi connectivity index (χ3v) is 3.14. The molecule has 0 fully saturated rings. The van der Waals surface area contributed by atoms with E-state index in [2.05, 4.69) is 29.6 Å². The van der Waals surface area contributed by atoms with E-state index in [9.17, 15) is 4.79 Å². The van der Waals surface area contributed by atoms with E-state index in [-0.39, 0.29) is 5.91 Å². The number of rotatable bonds is 7. The Labute approximate surface area is 112 Å². The van der Waals surface area contributed by atoms with Gasteiger partial charge in [0.1, 0.15) is 0 Å². The number of thiazole rings is 1. The molecule has 0 aliphatic heterocycles. The number of carbonyl (C=O) groups is 1. The summed E-state index contributed by atoms with van der Waals surface area (Å²) in [5, 5.41) is 3.57. The Bertz CT molecular complexity index is 379. The first kappa shape index (κ1) is 14.9. The number of nitrogens with one attached hydrogen (secondary N) is 2. The van der Waals surface area contributed by atoms with Crippen molar-refractivity contribution in [2.45, 2.75) is 20.4 Å². The summed E-state index contributed by atoms with van der Waals surface area (Å²) in [4.78, 5) is 18.7. The number of hydrogen-bond donors (Lipinski definition) is 3. The second-order valence-corrected chi connectivity index (χ2v) is 5.76. The molecule has 7 heteroatoms. The summed E-state index contributed by atoms with van der Waals surface area (Å²) < 4.78 is 0. The molecule has 1 aromatic heterocycles. The predicted octanol–water partition coefficient (Wildman–Crippen LogP) is 0.633. The molecule has 1 aromatic rings. The lowest BCUT2D eigenvalue weighted by atomic mass is 10.2. The first-order valence-electron chi connectivity index (χ1n) is 5.87. The van der Waals surface area contributed by atoms with Crippen molar-refractivity contribution in [1.82, 2.24) is 15.2 Å². The number of carbonyl (C=O) groups excluding carboxylic acids is 1. The number of nitrogen functional groups attached to an aromatic ring is 1. The highest BCUT2D eigenvalue weighted by molar-refractivity contribution is 7.15. The van der Waals surface area contributed by atoms with Gasteiger partial charge in [-0.2, -0.15) is 0 Å². The highest BCUT2D eigenvalue weighted by Gasteiger charge is 2.09. The quantitative estimate of drug-likeness (QED) is 0.500. The van der Waals surface area contributed by atoms with E-state index in [4.69, 9.17) is 5.84 Å². The fourth-order valence-electron chi connectivity index (χ4n) is 1.39. The van der Waals surface area contributed by atoms with Gasteiger partial charge in [0.25, 0.3) is 0 Å². The van der Waals surface area contributed by atoms with Crippen molar-refractivity contribution in [1.29, 1.82) is 0 Å². The molecular weight excluding hydrogens is 250 g/mol. The van der Waals surface area contributed by atoms with Crippen molar-refractivity contribution in [3.8, 4) is 0 Å². The van der Waals surface area contributed by atoms with Gasteiger partial charge in [0.2, 0.25) is 5.91 Å². The molecule has 0 atom stereocenters. The SMILES string of the molecule is CC(C)CNC(=O)CN(C)Cc1cnc(NN)s1. The Morgan fingerprint density at radius 3 is 2.89 bits per heavy atom. The van der Waals surface area contributed by atoms with E-state index in [0.717, 1.165) is 4.88 Å². The minimum Gasteiger partial charge on any atom is -0.355 e. The Kier molecular flexibility index (Phi) is 6.03. The molecule has 0 aliphatic rings. The molecule has 6 nitrogen and oxygen atoms in total. The van der Waals surface area contributed by atoms with Gasteiger partial charge >= 0.3 is 0 Å². The fraction of sp³-hybridized carbons (Fsp3) is 0.636. The summed E-state index contributed by atoms with van der Waals surface area (Å²) in [6.45, 7) is 5.93. The number of nitrogens with two attached hydrogens (primary N) is 1. The molecule has 0 spiro atoms. The van der Waals surface area contributed by atoms with E-state index < -0.39 is 0 Å². The second kappa shape index (κ2) is 7.30. The summed E-state index contributed by atoms with van der Waals surface area (Å²) in [5.41, 5.74) is 2.50. The fourth-order valence-corrected chi connectivity index (χ4v) is 2.19. The number of hydrazine groups is 1. The summed E-state index contributed by atoms with van der Waals surface area (Å²) in [7, 11) is 1.91. The minimum absolute atomic E-state index is 0.0490. The Balaban J connectivity index is 2.32. The van der Waals surface area contributed by atoms with Crippen molar-refractivity contribution in [3.05, 3.63) is 11.1 Å². The van der Waals surface area contributed by atoms with Gasteiger partial charge in [-0.05, 0) is 13.0 Å². The monoisotopic (exact) mass is 271 g/mol. The van der Waals surface area contributed by atoms with Gasteiger partial charge in [0.05, 0.1) is 6.54 Å². The van der Waals surface area contributed by atoms with Crippen LogP contribution in [0.15, 0.2) is 6.20 Å². The number of hydrogen-bond acceptors (Lipinski definition) is 6. The molecule has 0 bridgehead atoms. The number of aromatic nitrogens is 1. The molecule has 1 amide bonds. The van der Waals surface area contributed by atoms with Crippen LogP contribution in [0.3, 0.4) is 0 Å². The van der Waals surface area contributed by atoms with Crippen LogP contribution in [0, 0.1) is 5.92 Å². The van der Waals surface area contributed by atoms with Crippen molar-refractivity contribution in [3.63, 3.8) is 0 Å². The Morgan fingerprint density at radius 2 is 2.33 bits per heavy atom. The lowest BCUT2D eigenvalue weighted by Gasteiger charge is -2.15. The first-order valence-corrected chi connectivity index (χ1v) is 6.69. The lowest BCUT2D eigenvalue weighted by Crippen LogP contribution is -2.36. The minimum atomic E-state index is 0.0490. The van der Waals surface area contributed by atoms with Gasteiger partial charge in [-0.25, -0.2) is 10.8 Å². The second-order valence-electron chi connectivity index (χ2n) is 4.65. The average Bonchev–Trinajstić information content (AvgIpc) is 2.73. The molecule has 0 aliphatic carbocycles. The van der Waals surface area contributed by atoms with Gasteiger partial charge in [0, 0.05) is 24.2 Å². The van der Waals surface area contributed by atoms with Crippen LogP contribution in [0.2, 0.25) is 0 Å². The molecule has 0 saturated carbocycles. The van der Waals surface area contributed by atoms with E-state index in [1.807, 2.05) is 11.9 Å². The zero-order valence-corrected chi connectivity index (χ0v) is 11.9. The van der Waals surface area contributed by atoms with Gasteiger partial charge in [-0.15, -0.1) is 0 Å². The van der Waals surface area contributed by atoms with E-state index in [1.54, 1.807) is 6.20 Å². The smallest absolute Gasteiger partial charge is 0.234 e. The topological polar surface area (TPSA) is 83.3 Å². The maximum atomic E-state index is 11.6. The summed E-state index contributed by atoms with van der Waals surface area (Å²) in [6, 6.07) is 0. The average molecular weight is 271 g/mol. The molecule has 0 unspecified atom stereocenters. The molecule has 18 heavy (non-hydrogen) atoms. The highest BCUT2D eigenvalue weighted by atomic mass is 32.1. The summed E-state index contributed by atoms with van der Waals surface area (Å²) in [5.74, 6) is 5.78. The van der Waals surface area contributed by atoms with Crippen LogP contribution in [0.5, 0.6) is 0 Å². The molecule has 0 aromatic carbocycles. The molecule has 1 heterocycles. The van der Waals surface area contributed by atoms with Crippen molar-refractivity contribution >= 4 is 22.4 Å². The van der Waals surface area contributed by atoms with Crippen LogP contribution in [0.4, 0.5) is 5.13 Å². The van der Waals surface area contributed by atoms with Gasteiger partial charge in [0.15, 0.2) is 5.13 Å². The van der Waals surface area contributed by atoms with Crippen LogP contribution in [0.1, 0.15) is 18.7 Å². The van der Waals surface area contributed by atoms with Crippen LogP contribution in [-0.2, 0) is 11.3 Å². The number of likely N-dealkylation sites (N-methyl/N-ethyl adjacent to an activating group) is 1. The zero-order valence-electron chi connectivity index (χ0n) is 11.1. The molecule has 0 saturated heterocycles. The number of nitrogens with zero attached hydrogens (tertiary/aromatic N) is 2. The molecule has 0 radical (unpaired) electrons. The summed E-state index contributed by atoms with van der Waals surface area (Å²) >= 11 is 1.49.